The highest BCUT2D eigenvalue weighted by Crippen LogP contribution is 2.40. The number of hydrogen-bond acceptors (Lipinski definition) is 3. The van der Waals surface area contributed by atoms with Gasteiger partial charge in [-0.2, -0.15) is 0 Å². The normalized spacial score (nSPS) is 19.3. The van der Waals surface area contributed by atoms with Gasteiger partial charge in [0, 0.05) is 6.54 Å². The van der Waals surface area contributed by atoms with E-state index in [4.69, 9.17) is 9.47 Å². The summed E-state index contributed by atoms with van der Waals surface area (Å²) in [6.07, 6.45) is 1.03. The van der Waals surface area contributed by atoms with Gasteiger partial charge in [0.05, 0.1) is 6.04 Å². The molecule has 2 aromatic carbocycles. The number of ether oxygens (including phenoxy) is 2. The molecule has 4 rings (SSSR count). The van der Waals surface area contributed by atoms with Gasteiger partial charge < -0.3 is 14.8 Å². The van der Waals surface area contributed by atoms with Crippen LogP contribution in [0.15, 0.2) is 24.3 Å². The van der Waals surface area contributed by atoms with Gasteiger partial charge in [0.2, 0.25) is 0 Å². The first-order valence-corrected chi connectivity index (χ1v) is 8.37. The lowest BCUT2D eigenvalue weighted by molar-refractivity contribution is 0.171. The van der Waals surface area contributed by atoms with Crippen LogP contribution in [0, 0.1) is 20.8 Å². The maximum absolute atomic E-state index is 5.80. The summed E-state index contributed by atoms with van der Waals surface area (Å²) in [5, 5.41) is 3.70. The van der Waals surface area contributed by atoms with Gasteiger partial charge in [-0.3, -0.25) is 0 Å². The van der Waals surface area contributed by atoms with Crippen LogP contribution in [0.2, 0.25) is 0 Å². The smallest absolute Gasteiger partial charge is 0.161 e. The summed E-state index contributed by atoms with van der Waals surface area (Å²) in [7, 11) is 0. The Morgan fingerprint density at radius 2 is 1.57 bits per heavy atom. The van der Waals surface area contributed by atoms with Gasteiger partial charge in [0.15, 0.2) is 11.5 Å². The quantitative estimate of drug-likeness (QED) is 0.873. The summed E-state index contributed by atoms with van der Waals surface area (Å²) >= 11 is 0. The van der Waals surface area contributed by atoms with Crippen LogP contribution in [-0.4, -0.2) is 19.8 Å². The van der Waals surface area contributed by atoms with E-state index in [1.807, 2.05) is 0 Å². The van der Waals surface area contributed by atoms with Crippen LogP contribution < -0.4 is 14.8 Å². The molecule has 0 amide bonds. The fourth-order valence-electron chi connectivity index (χ4n) is 4.00. The standard InChI is InChI=1S/C20H23NO2/c1-12-8-13(2)19(14(3)9-12)20-16-11-18-17(22-6-7-23-18)10-15(16)4-5-21-20/h8-11,20-21H,4-7H2,1-3H3. The van der Waals surface area contributed by atoms with Crippen molar-refractivity contribution >= 4 is 0 Å². The maximum Gasteiger partial charge on any atom is 0.161 e. The van der Waals surface area contributed by atoms with Crippen LogP contribution in [0.3, 0.4) is 0 Å². The molecule has 0 fully saturated rings. The molecule has 0 spiro atoms. The van der Waals surface area contributed by atoms with Crippen molar-refractivity contribution in [2.45, 2.75) is 33.2 Å². The fourth-order valence-corrected chi connectivity index (χ4v) is 4.00. The monoisotopic (exact) mass is 309 g/mol. The average Bonchev–Trinajstić information content (AvgIpc) is 2.52. The Hall–Kier alpha value is -2.00. The Bertz CT molecular complexity index is 743. The highest BCUT2D eigenvalue weighted by atomic mass is 16.6. The molecule has 0 aromatic heterocycles. The largest absolute Gasteiger partial charge is 0.486 e. The molecular formula is C20H23NO2. The Morgan fingerprint density at radius 1 is 0.913 bits per heavy atom. The van der Waals surface area contributed by atoms with Gasteiger partial charge in [-0.05, 0) is 67.1 Å². The summed E-state index contributed by atoms with van der Waals surface area (Å²) in [6, 6.07) is 9.14. The first-order chi connectivity index (χ1) is 11.1. The van der Waals surface area contributed by atoms with Crippen LogP contribution in [-0.2, 0) is 6.42 Å². The molecule has 0 aliphatic carbocycles. The second-order valence-corrected chi connectivity index (χ2v) is 6.64. The minimum absolute atomic E-state index is 0.232. The van der Waals surface area contributed by atoms with Crippen molar-refractivity contribution in [3.63, 3.8) is 0 Å². The van der Waals surface area contributed by atoms with E-state index in [2.05, 4.69) is 50.4 Å². The van der Waals surface area contributed by atoms with Crippen LogP contribution in [0.5, 0.6) is 11.5 Å². The molecular weight excluding hydrogens is 286 g/mol. The van der Waals surface area contributed by atoms with E-state index in [0.29, 0.717) is 13.2 Å². The van der Waals surface area contributed by atoms with Crippen molar-refractivity contribution in [1.82, 2.24) is 5.32 Å². The zero-order chi connectivity index (χ0) is 16.0. The number of benzene rings is 2. The molecule has 120 valence electrons. The van der Waals surface area contributed by atoms with E-state index < -0.39 is 0 Å². The predicted octanol–water partition coefficient (Wildman–Crippen LogP) is 3.62. The number of nitrogens with one attached hydrogen (secondary N) is 1. The molecule has 2 aliphatic rings. The van der Waals surface area contributed by atoms with Crippen molar-refractivity contribution in [2.24, 2.45) is 0 Å². The highest BCUT2D eigenvalue weighted by molar-refractivity contribution is 5.54. The second kappa shape index (κ2) is 5.57. The number of fused-ring (bicyclic) bond motifs is 2. The van der Waals surface area contributed by atoms with Crippen molar-refractivity contribution in [2.75, 3.05) is 19.8 Å². The minimum Gasteiger partial charge on any atom is -0.486 e. The lowest BCUT2D eigenvalue weighted by Gasteiger charge is -2.31. The third kappa shape index (κ3) is 2.49. The summed E-state index contributed by atoms with van der Waals surface area (Å²) in [4.78, 5) is 0. The molecule has 0 saturated heterocycles. The van der Waals surface area contributed by atoms with E-state index >= 15 is 0 Å². The van der Waals surface area contributed by atoms with Gasteiger partial charge in [-0.1, -0.05) is 17.7 Å². The first-order valence-electron chi connectivity index (χ1n) is 8.37. The van der Waals surface area contributed by atoms with Gasteiger partial charge in [0.1, 0.15) is 13.2 Å². The van der Waals surface area contributed by atoms with E-state index in [0.717, 1.165) is 24.5 Å². The lowest BCUT2D eigenvalue weighted by atomic mass is 9.85. The minimum atomic E-state index is 0.232. The SMILES string of the molecule is Cc1cc(C)c(C2NCCc3cc4c(cc32)OCCO4)c(C)c1. The molecule has 0 radical (unpaired) electrons. The Kier molecular flexibility index (Phi) is 3.53. The molecule has 0 bridgehead atoms. The summed E-state index contributed by atoms with van der Waals surface area (Å²) < 4.78 is 11.5. The number of hydrogen-bond donors (Lipinski definition) is 1. The fraction of sp³-hybridized carbons (Fsp3) is 0.400. The molecule has 1 N–H and O–H groups in total. The number of rotatable bonds is 1. The molecule has 0 saturated carbocycles. The number of aryl methyl sites for hydroxylation is 3. The van der Waals surface area contributed by atoms with Gasteiger partial charge in [-0.15, -0.1) is 0 Å². The molecule has 3 heteroatoms. The average molecular weight is 309 g/mol. The van der Waals surface area contributed by atoms with E-state index in [-0.39, 0.29) is 6.04 Å². The van der Waals surface area contributed by atoms with Crippen molar-refractivity contribution < 1.29 is 9.47 Å². The summed E-state index contributed by atoms with van der Waals surface area (Å²) in [5.41, 5.74) is 8.12. The zero-order valence-electron chi connectivity index (χ0n) is 14.0. The van der Waals surface area contributed by atoms with Gasteiger partial charge in [0.25, 0.3) is 0 Å². The van der Waals surface area contributed by atoms with Crippen molar-refractivity contribution in [3.05, 3.63) is 57.6 Å². The van der Waals surface area contributed by atoms with Crippen LogP contribution in [0.4, 0.5) is 0 Å². The first kappa shape index (κ1) is 14.6. The third-order valence-corrected chi connectivity index (χ3v) is 4.88. The molecule has 2 aliphatic heterocycles. The highest BCUT2D eigenvalue weighted by Gasteiger charge is 2.27. The predicted molar refractivity (Wildman–Crippen MR) is 91.6 cm³/mol. The molecule has 2 heterocycles. The molecule has 1 unspecified atom stereocenters. The van der Waals surface area contributed by atoms with E-state index in [1.54, 1.807) is 0 Å². The van der Waals surface area contributed by atoms with Crippen molar-refractivity contribution in [1.29, 1.82) is 0 Å². The lowest BCUT2D eigenvalue weighted by Crippen LogP contribution is -2.32. The molecule has 23 heavy (non-hydrogen) atoms. The molecule has 3 nitrogen and oxygen atoms in total. The molecule has 2 aromatic rings. The van der Waals surface area contributed by atoms with E-state index in [1.165, 1.54) is 33.4 Å². The van der Waals surface area contributed by atoms with Crippen LogP contribution in [0.25, 0.3) is 0 Å². The van der Waals surface area contributed by atoms with E-state index in [9.17, 15) is 0 Å². The molecule has 1 atom stereocenters. The Balaban J connectivity index is 1.85. The van der Waals surface area contributed by atoms with Gasteiger partial charge >= 0.3 is 0 Å². The second-order valence-electron chi connectivity index (χ2n) is 6.64. The third-order valence-electron chi connectivity index (χ3n) is 4.88. The van der Waals surface area contributed by atoms with Crippen molar-refractivity contribution in [3.8, 4) is 11.5 Å². The van der Waals surface area contributed by atoms with Crippen LogP contribution >= 0.6 is 0 Å². The van der Waals surface area contributed by atoms with Gasteiger partial charge in [-0.25, -0.2) is 0 Å². The topological polar surface area (TPSA) is 30.5 Å². The Labute approximate surface area is 137 Å². The van der Waals surface area contributed by atoms with Crippen LogP contribution in [0.1, 0.15) is 39.4 Å². The summed E-state index contributed by atoms with van der Waals surface area (Å²) in [6.45, 7) is 8.85. The Morgan fingerprint density at radius 3 is 2.26 bits per heavy atom. The maximum atomic E-state index is 5.80. The zero-order valence-corrected chi connectivity index (χ0v) is 14.0. The summed E-state index contributed by atoms with van der Waals surface area (Å²) in [5.74, 6) is 1.78.